The van der Waals surface area contributed by atoms with Crippen molar-refractivity contribution in [1.82, 2.24) is 15.0 Å². The van der Waals surface area contributed by atoms with Crippen molar-refractivity contribution in [3.63, 3.8) is 0 Å². The summed E-state index contributed by atoms with van der Waals surface area (Å²) in [7, 11) is 1.62. The fourth-order valence-electron chi connectivity index (χ4n) is 2.06. The molecule has 6 nitrogen and oxygen atoms in total. The number of unbranched alkanes of at least 4 members (excludes halogenated alkanes) is 1. The molecule has 0 radical (unpaired) electrons. The fourth-order valence-corrected chi connectivity index (χ4v) is 2.06. The summed E-state index contributed by atoms with van der Waals surface area (Å²) in [6, 6.07) is 3.70. The summed E-state index contributed by atoms with van der Waals surface area (Å²) in [5.41, 5.74) is 0.745. The lowest BCUT2D eigenvalue weighted by Gasteiger charge is -2.13. The molecule has 1 N–H and O–H groups in total. The summed E-state index contributed by atoms with van der Waals surface area (Å²) >= 11 is 0. The van der Waals surface area contributed by atoms with Crippen molar-refractivity contribution in [3.05, 3.63) is 36.0 Å². The Balaban J connectivity index is 2.11. The minimum atomic E-state index is 0.307. The first-order valence-corrected chi connectivity index (χ1v) is 7.98. The first-order chi connectivity index (χ1) is 11.3. The summed E-state index contributed by atoms with van der Waals surface area (Å²) in [6.07, 6.45) is 6.43. The minimum Gasteiger partial charge on any atom is -0.495 e. The van der Waals surface area contributed by atoms with Crippen LogP contribution < -0.4 is 14.8 Å². The van der Waals surface area contributed by atoms with Gasteiger partial charge in [0.1, 0.15) is 23.9 Å². The molecule has 0 aliphatic carbocycles. The average Bonchev–Trinajstić information content (AvgIpc) is 2.61. The SMILES string of the molecule is CCCCNc1nc(CC)ncc1OCc1ncccc1OC. The molecule has 0 saturated carbocycles. The van der Waals surface area contributed by atoms with Crippen molar-refractivity contribution in [1.29, 1.82) is 0 Å². The molecule has 0 aromatic carbocycles. The number of aromatic nitrogens is 3. The largest absolute Gasteiger partial charge is 0.495 e. The third kappa shape index (κ3) is 4.81. The van der Waals surface area contributed by atoms with E-state index >= 15 is 0 Å². The number of nitrogens with one attached hydrogen (secondary N) is 1. The average molecular weight is 316 g/mol. The van der Waals surface area contributed by atoms with Crippen LogP contribution in [-0.2, 0) is 13.0 Å². The molecule has 0 fully saturated rings. The van der Waals surface area contributed by atoms with E-state index in [0.717, 1.165) is 43.1 Å². The number of anilines is 1. The number of aryl methyl sites for hydroxylation is 1. The van der Waals surface area contributed by atoms with Crippen LogP contribution in [0.1, 0.15) is 38.2 Å². The van der Waals surface area contributed by atoms with Crippen LogP contribution >= 0.6 is 0 Å². The van der Waals surface area contributed by atoms with Crippen LogP contribution in [0.15, 0.2) is 24.5 Å². The molecule has 2 aromatic rings. The van der Waals surface area contributed by atoms with Crippen molar-refractivity contribution in [2.45, 2.75) is 39.7 Å². The van der Waals surface area contributed by atoms with E-state index in [1.165, 1.54) is 0 Å². The molecule has 2 aromatic heterocycles. The van der Waals surface area contributed by atoms with E-state index in [0.29, 0.717) is 18.1 Å². The van der Waals surface area contributed by atoms with Gasteiger partial charge >= 0.3 is 0 Å². The Morgan fingerprint density at radius 2 is 2.04 bits per heavy atom. The Morgan fingerprint density at radius 1 is 1.17 bits per heavy atom. The predicted molar refractivity (Wildman–Crippen MR) is 89.9 cm³/mol. The Labute approximate surface area is 137 Å². The fraction of sp³-hybridized carbons (Fsp3) is 0.471. The molecule has 0 spiro atoms. The molecule has 0 amide bonds. The normalized spacial score (nSPS) is 10.4. The van der Waals surface area contributed by atoms with E-state index in [9.17, 15) is 0 Å². The number of rotatable bonds is 9. The molecule has 2 rings (SSSR count). The highest BCUT2D eigenvalue weighted by Crippen LogP contribution is 2.24. The Hall–Kier alpha value is -2.37. The summed E-state index contributed by atoms with van der Waals surface area (Å²) in [6.45, 7) is 5.36. The molecule has 2 heterocycles. The number of ether oxygens (including phenoxy) is 2. The van der Waals surface area contributed by atoms with Gasteiger partial charge in [-0.15, -0.1) is 0 Å². The van der Waals surface area contributed by atoms with Gasteiger partial charge in [-0.25, -0.2) is 9.97 Å². The maximum absolute atomic E-state index is 5.87. The van der Waals surface area contributed by atoms with Crippen molar-refractivity contribution in [3.8, 4) is 11.5 Å². The number of hydrogen-bond donors (Lipinski definition) is 1. The van der Waals surface area contributed by atoms with Gasteiger partial charge in [-0.05, 0) is 18.6 Å². The van der Waals surface area contributed by atoms with Crippen LogP contribution in [0.3, 0.4) is 0 Å². The third-order valence-corrected chi connectivity index (χ3v) is 3.38. The molecule has 0 atom stereocenters. The second-order valence-electron chi connectivity index (χ2n) is 5.07. The lowest BCUT2D eigenvalue weighted by atomic mass is 10.3. The lowest BCUT2D eigenvalue weighted by Crippen LogP contribution is -2.09. The maximum Gasteiger partial charge on any atom is 0.180 e. The van der Waals surface area contributed by atoms with Crippen LogP contribution in [-0.4, -0.2) is 28.6 Å². The number of hydrogen-bond acceptors (Lipinski definition) is 6. The standard InChI is InChI=1S/C17H24N4O2/c1-4-6-9-19-17-15(11-20-16(5-2)21-17)23-12-13-14(22-3)8-7-10-18-13/h7-8,10-11H,4-6,9,12H2,1-3H3,(H,19,20,21). The highest BCUT2D eigenvalue weighted by Gasteiger charge is 2.10. The summed E-state index contributed by atoms with van der Waals surface area (Å²) in [5.74, 6) is 2.87. The molecular formula is C17H24N4O2. The van der Waals surface area contributed by atoms with Crippen LogP contribution in [0.2, 0.25) is 0 Å². The first-order valence-electron chi connectivity index (χ1n) is 7.98. The van der Waals surface area contributed by atoms with E-state index in [1.807, 2.05) is 19.1 Å². The minimum absolute atomic E-state index is 0.307. The number of methoxy groups -OCH3 is 1. The highest BCUT2D eigenvalue weighted by atomic mass is 16.5. The second kappa shape index (κ2) is 8.92. The van der Waals surface area contributed by atoms with Gasteiger partial charge in [-0.2, -0.15) is 0 Å². The molecule has 0 saturated heterocycles. The molecule has 23 heavy (non-hydrogen) atoms. The van der Waals surface area contributed by atoms with Crippen molar-refractivity contribution in [2.75, 3.05) is 19.0 Å². The smallest absolute Gasteiger partial charge is 0.180 e. The van der Waals surface area contributed by atoms with E-state index in [1.54, 1.807) is 19.5 Å². The Kier molecular flexibility index (Phi) is 6.59. The van der Waals surface area contributed by atoms with E-state index in [2.05, 4.69) is 27.2 Å². The van der Waals surface area contributed by atoms with Gasteiger partial charge in [0, 0.05) is 19.2 Å². The lowest BCUT2D eigenvalue weighted by molar-refractivity contribution is 0.290. The topological polar surface area (TPSA) is 69.2 Å². The number of nitrogens with zero attached hydrogens (tertiary/aromatic N) is 3. The Bertz CT molecular complexity index is 619. The van der Waals surface area contributed by atoms with Gasteiger partial charge in [-0.1, -0.05) is 20.3 Å². The maximum atomic E-state index is 5.87. The van der Waals surface area contributed by atoms with Gasteiger partial charge in [0.15, 0.2) is 11.6 Å². The second-order valence-corrected chi connectivity index (χ2v) is 5.07. The predicted octanol–water partition coefficient (Wildman–Crippen LogP) is 3.23. The van der Waals surface area contributed by atoms with Gasteiger partial charge in [0.25, 0.3) is 0 Å². The summed E-state index contributed by atoms with van der Waals surface area (Å²) < 4.78 is 11.2. The molecule has 0 aliphatic heterocycles. The summed E-state index contributed by atoms with van der Waals surface area (Å²) in [4.78, 5) is 13.1. The first kappa shape index (κ1) is 17.0. The molecule has 0 bridgehead atoms. The zero-order valence-electron chi connectivity index (χ0n) is 14.0. The molecule has 0 aliphatic rings. The number of pyridine rings is 1. The molecule has 6 heteroatoms. The quantitative estimate of drug-likeness (QED) is 0.716. The van der Waals surface area contributed by atoms with Gasteiger partial charge in [0.2, 0.25) is 0 Å². The van der Waals surface area contributed by atoms with E-state index in [4.69, 9.17) is 9.47 Å². The van der Waals surface area contributed by atoms with Crippen molar-refractivity contribution >= 4 is 5.82 Å². The highest BCUT2D eigenvalue weighted by molar-refractivity contribution is 5.48. The summed E-state index contributed by atoms with van der Waals surface area (Å²) in [5, 5.41) is 3.33. The van der Waals surface area contributed by atoms with Crippen LogP contribution in [0.25, 0.3) is 0 Å². The van der Waals surface area contributed by atoms with Crippen molar-refractivity contribution < 1.29 is 9.47 Å². The van der Waals surface area contributed by atoms with E-state index in [-0.39, 0.29) is 0 Å². The Morgan fingerprint density at radius 3 is 2.78 bits per heavy atom. The van der Waals surface area contributed by atoms with Crippen LogP contribution in [0, 0.1) is 0 Å². The molecule has 124 valence electrons. The zero-order valence-corrected chi connectivity index (χ0v) is 14.0. The third-order valence-electron chi connectivity index (χ3n) is 3.38. The van der Waals surface area contributed by atoms with Crippen LogP contribution in [0.4, 0.5) is 5.82 Å². The van der Waals surface area contributed by atoms with Gasteiger partial charge in [-0.3, -0.25) is 4.98 Å². The van der Waals surface area contributed by atoms with Gasteiger partial charge in [0.05, 0.1) is 13.3 Å². The van der Waals surface area contributed by atoms with Crippen LogP contribution in [0.5, 0.6) is 11.5 Å². The molecular weight excluding hydrogens is 292 g/mol. The van der Waals surface area contributed by atoms with E-state index < -0.39 is 0 Å². The zero-order chi connectivity index (χ0) is 16.5. The molecule has 0 unspecified atom stereocenters. The van der Waals surface area contributed by atoms with Gasteiger partial charge < -0.3 is 14.8 Å². The monoisotopic (exact) mass is 316 g/mol. The van der Waals surface area contributed by atoms with Crippen molar-refractivity contribution in [2.24, 2.45) is 0 Å².